The van der Waals surface area contributed by atoms with Crippen molar-refractivity contribution in [3.8, 4) is 0 Å². The fourth-order valence-electron chi connectivity index (χ4n) is 6.30. The van der Waals surface area contributed by atoms with Crippen LogP contribution in [-0.4, -0.2) is 123 Å². The fourth-order valence-corrected chi connectivity index (χ4v) is 6.30. The molecule has 0 spiro atoms. The highest BCUT2D eigenvalue weighted by molar-refractivity contribution is 5.83. The van der Waals surface area contributed by atoms with Crippen LogP contribution in [0.25, 0.3) is 0 Å². The molecule has 0 bridgehead atoms. The van der Waals surface area contributed by atoms with E-state index in [2.05, 4.69) is 10.9 Å². The molecule has 0 aromatic carbocycles. The van der Waals surface area contributed by atoms with Crippen LogP contribution in [0.5, 0.6) is 0 Å². The predicted octanol–water partition coefficient (Wildman–Crippen LogP) is -0.0400. The summed E-state index contributed by atoms with van der Waals surface area (Å²) in [7, 11) is 0. The highest BCUT2D eigenvalue weighted by Gasteiger charge is 2.60. The number of ether oxygens (including phenoxy) is 12. The van der Waals surface area contributed by atoms with Gasteiger partial charge in [-0.2, -0.15) is 0 Å². The molecule has 0 aromatic rings. The molecule has 6 aliphatic heterocycles. The maximum Gasteiger partial charge on any atom is 0.264 e. The molecule has 0 radical (unpaired) electrons. The molecule has 6 aliphatic rings. The molecule has 0 saturated carbocycles. The first-order valence-corrected chi connectivity index (χ1v) is 15.0. The largest absolute Gasteiger partial charge is 0.363 e. The van der Waals surface area contributed by atoms with Gasteiger partial charge in [0.2, 0.25) is 0 Å². The molecule has 16 nitrogen and oxygen atoms in total. The molecular weight excluding hydrogens is 588 g/mol. The van der Waals surface area contributed by atoms with Gasteiger partial charge in [-0.3, -0.25) is 20.4 Å². The lowest BCUT2D eigenvalue weighted by atomic mass is 10.1. The summed E-state index contributed by atoms with van der Waals surface area (Å²) in [5.41, 5.74) is 4.69. The van der Waals surface area contributed by atoms with E-state index < -0.39 is 110 Å². The van der Waals surface area contributed by atoms with Gasteiger partial charge < -0.3 is 56.8 Å². The Morgan fingerprint density at radius 1 is 0.568 bits per heavy atom. The highest BCUT2D eigenvalue weighted by atomic mass is 16.9. The molecule has 2 N–H and O–H groups in total. The number of rotatable bonds is 8. The van der Waals surface area contributed by atoms with E-state index in [-0.39, 0.29) is 13.2 Å². The summed E-state index contributed by atoms with van der Waals surface area (Å²) in [6.07, 6.45) is -6.05. The van der Waals surface area contributed by atoms with E-state index >= 15 is 0 Å². The van der Waals surface area contributed by atoms with Gasteiger partial charge >= 0.3 is 0 Å². The molecule has 0 aliphatic carbocycles. The quantitative estimate of drug-likeness (QED) is 0.342. The summed E-state index contributed by atoms with van der Waals surface area (Å²) < 4.78 is 71.1. The minimum absolute atomic E-state index is 0.281. The van der Waals surface area contributed by atoms with E-state index in [1.807, 2.05) is 0 Å². The Kier molecular flexibility index (Phi) is 8.55. The predicted molar refractivity (Wildman–Crippen MR) is 143 cm³/mol. The molecule has 250 valence electrons. The molecule has 0 unspecified atom stereocenters. The van der Waals surface area contributed by atoms with Crippen molar-refractivity contribution in [1.29, 1.82) is 0 Å². The standard InChI is InChI=1S/C28H44N2O14/c1-25(2)35-9-13(39-25)17-19(21-23(37-17)43-27(5,6)41-21)33-11-15(31)29-30-16(32)12-34-20-18(14-10-36-26(3,4)40-14)38-24-22(20)42-28(7,8)44-24/h13-14,17-24H,9-12H2,1-8H3,(H,29,31)(H,30,32)/t13-,14-,17-,18-,19+,20+,21-,22-,23-,24-/m1/s1. The zero-order valence-electron chi connectivity index (χ0n) is 26.3. The molecule has 6 saturated heterocycles. The minimum Gasteiger partial charge on any atom is -0.363 e. The van der Waals surface area contributed by atoms with Crippen molar-refractivity contribution in [1.82, 2.24) is 10.9 Å². The monoisotopic (exact) mass is 632 g/mol. The van der Waals surface area contributed by atoms with E-state index in [1.165, 1.54) is 0 Å². The lowest BCUT2D eigenvalue weighted by molar-refractivity contribution is -0.236. The Morgan fingerprint density at radius 3 is 1.30 bits per heavy atom. The normalized spacial score (nSPS) is 42.7. The van der Waals surface area contributed by atoms with Crippen molar-refractivity contribution in [3.63, 3.8) is 0 Å². The van der Waals surface area contributed by atoms with Gasteiger partial charge in [0.05, 0.1) is 13.2 Å². The molecule has 6 fully saturated rings. The Hall–Kier alpha value is -1.54. The minimum atomic E-state index is -0.883. The van der Waals surface area contributed by atoms with Crippen molar-refractivity contribution in [2.24, 2.45) is 0 Å². The van der Waals surface area contributed by atoms with Crippen LogP contribution in [0.4, 0.5) is 0 Å². The third-order valence-electron chi connectivity index (χ3n) is 8.00. The van der Waals surface area contributed by atoms with Crippen molar-refractivity contribution in [2.75, 3.05) is 26.4 Å². The van der Waals surface area contributed by atoms with Gasteiger partial charge in [-0.25, -0.2) is 0 Å². The molecule has 0 aromatic heterocycles. The summed E-state index contributed by atoms with van der Waals surface area (Å²) in [5.74, 6) is -4.53. The number of carbonyl (C=O) groups is 2. The van der Waals surface area contributed by atoms with Gasteiger partial charge in [-0.1, -0.05) is 0 Å². The first-order chi connectivity index (χ1) is 20.5. The lowest BCUT2D eigenvalue weighted by Crippen LogP contribution is -2.49. The smallest absolute Gasteiger partial charge is 0.264 e. The van der Waals surface area contributed by atoms with Crippen LogP contribution in [0.2, 0.25) is 0 Å². The fraction of sp³-hybridized carbons (Fsp3) is 0.929. The Balaban J connectivity index is 0.996. The second-order valence-corrected chi connectivity index (χ2v) is 13.5. The van der Waals surface area contributed by atoms with Crippen molar-refractivity contribution in [2.45, 2.75) is 140 Å². The average Bonchev–Trinajstić information content (AvgIpc) is 3.71. The summed E-state index contributed by atoms with van der Waals surface area (Å²) >= 11 is 0. The first kappa shape index (κ1) is 32.4. The highest BCUT2D eigenvalue weighted by Crippen LogP contribution is 2.43. The number of nitrogens with one attached hydrogen (secondary N) is 2. The molecule has 44 heavy (non-hydrogen) atoms. The van der Waals surface area contributed by atoms with Crippen LogP contribution in [0.15, 0.2) is 0 Å². The maximum atomic E-state index is 12.7. The van der Waals surface area contributed by atoms with Crippen LogP contribution >= 0.6 is 0 Å². The van der Waals surface area contributed by atoms with Gasteiger partial charge in [-0.05, 0) is 55.4 Å². The van der Waals surface area contributed by atoms with Crippen LogP contribution in [0.3, 0.4) is 0 Å². The third kappa shape index (κ3) is 6.91. The van der Waals surface area contributed by atoms with Crippen molar-refractivity contribution >= 4 is 11.8 Å². The number of hydrazine groups is 1. The molecule has 16 heteroatoms. The van der Waals surface area contributed by atoms with Crippen LogP contribution in [0, 0.1) is 0 Å². The van der Waals surface area contributed by atoms with E-state index in [9.17, 15) is 9.59 Å². The first-order valence-electron chi connectivity index (χ1n) is 15.0. The summed E-state index contributed by atoms with van der Waals surface area (Å²) in [6.45, 7) is 14.1. The van der Waals surface area contributed by atoms with Crippen molar-refractivity contribution < 1.29 is 66.4 Å². The number of amides is 2. The number of fused-ring (bicyclic) bond motifs is 2. The molecule has 10 atom stereocenters. The lowest BCUT2D eigenvalue weighted by Gasteiger charge is -2.29. The number of hydrogen-bond donors (Lipinski definition) is 2. The van der Waals surface area contributed by atoms with E-state index in [4.69, 9.17) is 56.8 Å². The second-order valence-electron chi connectivity index (χ2n) is 13.5. The van der Waals surface area contributed by atoms with E-state index in [0.29, 0.717) is 0 Å². The zero-order chi connectivity index (χ0) is 31.7. The van der Waals surface area contributed by atoms with Gasteiger partial charge in [0.25, 0.3) is 11.8 Å². The molecule has 6 heterocycles. The molecule has 6 rings (SSSR count). The molecule has 2 amide bonds. The Labute approximate surface area is 255 Å². The van der Waals surface area contributed by atoms with Crippen LogP contribution < -0.4 is 10.9 Å². The SMILES string of the molecule is CC1(C)O[C@H]2O[C@H]([C@H]3COC(C)(C)O3)[C@H](OCC(=O)NNC(=O)CO[C@@H]3[C@H]4OC(C)(C)O[C@H]4O[C@@H]3[C@H]3COC(C)(C)O3)[C@H]2O1. The topological polar surface area (TPSA) is 169 Å². The van der Waals surface area contributed by atoms with E-state index in [1.54, 1.807) is 55.4 Å². The number of hydrogen-bond acceptors (Lipinski definition) is 14. The molecular formula is C28H44N2O14. The Bertz CT molecular complexity index is 1020. The third-order valence-corrected chi connectivity index (χ3v) is 8.00. The van der Waals surface area contributed by atoms with Gasteiger partial charge in [-0.15, -0.1) is 0 Å². The summed E-state index contributed by atoms with van der Waals surface area (Å²) in [6, 6.07) is 0. The number of carbonyl (C=O) groups excluding carboxylic acids is 2. The van der Waals surface area contributed by atoms with E-state index in [0.717, 1.165) is 0 Å². The van der Waals surface area contributed by atoms with Crippen LogP contribution in [-0.2, 0) is 66.4 Å². The summed E-state index contributed by atoms with van der Waals surface area (Å²) in [4.78, 5) is 25.4. The van der Waals surface area contributed by atoms with Gasteiger partial charge in [0, 0.05) is 0 Å². The van der Waals surface area contributed by atoms with Gasteiger partial charge in [0.15, 0.2) is 35.7 Å². The van der Waals surface area contributed by atoms with Crippen molar-refractivity contribution in [3.05, 3.63) is 0 Å². The van der Waals surface area contributed by atoms with Gasteiger partial charge in [0.1, 0.15) is 62.0 Å². The maximum absolute atomic E-state index is 12.7. The Morgan fingerprint density at radius 2 is 0.955 bits per heavy atom. The zero-order valence-corrected chi connectivity index (χ0v) is 26.3. The second kappa shape index (κ2) is 11.6. The average molecular weight is 633 g/mol. The summed E-state index contributed by atoms with van der Waals surface area (Å²) in [5, 5.41) is 0. The van der Waals surface area contributed by atoms with Crippen LogP contribution in [0.1, 0.15) is 55.4 Å².